The zero-order valence-electron chi connectivity index (χ0n) is 14.9. The minimum atomic E-state index is -4.48. The number of alkyl halides is 3. The SMILES string of the molecule is CS(=O)(=O)C1(C(=O)NCc2ccnc(OCC(F)(F)F)c2)CCNCC1.Cl.Cl. The maximum Gasteiger partial charge on any atom is 0.422 e. The Morgan fingerprint density at radius 3 is 2.46 bits per heavy atom. The minimum absolute atomic E-state index is 0. The summed E-state index contributed by atoms with van der Waals surface area (Å²) >= 11 is 0. The van der Waals surface area contributed by atoms with Crippen LogP contribution in [0.3, 0.4) is 0 Å². The van der Waals surface area contributed by atoms with Gasteiger partial charge >= 0.3 is 6.18 Å². The lowest BCUT2D eigenvalue weighted by atomic mass is 9.96. The predicted octanol–water partition coefficient (Wildman–Crippen LogP) is 1.65. The monoisotopic (exact) mass is 467 g/mol. The fourth-order valence-electron chi connectivity index (χ4n) is 2.74. The summed E-state index contributed by atoms with van der Waals surface area (Å²) < 4.78 is 63.9. The second kappa shape index (κ2) is 10.5. The molecule has 0 saturated carbocycles. The molecule has 0 spiro atoms. The van der Waals surface area contributed by atoms with E-state index in [9.17, 15) is 26.4 Å². The standard InChI is InChI=1S/C15H20F3N3O4S.2ClH/c1-26(23,24)14(3-6-19-7-4-14)13(22)21-9-11-2-5-20-12(8-11)25-10-15(16,17)18;;/h2,5,8,19H,3-4,6-7,9-10H2,1H3,(H,21,22);2*1H. The number of aromatic nitrogens is 1. The van der Waals surface area contributed by atoms with Crippen LogP contribution in [-0.4, -0.2) is 56.2 Å². The van der Waals surface area contributed by atoms with Crippen LogP contribution in [0.1, 0.15) is 18.4 Å². The number of piperidine rings is 1. The Morgan fingerprint density at radius 1 is 1.32 bits per heavy atom. The molecule has 1 aliphatic rings. The van der Waals surface area contributed by atoms with Crippen molar-refractivity contribution in [3.63, 3.8) is 0 Å². The zero-order valence-corrected chi connectivity index (χ0v) is 17.4. The van der Waals surface area contributed by atoms with Crippen LogP contribution in [-0.2, 0) is 21.2 Å². The van der Waals surface area contributed by atoms with Gasteiger partial charge in [-0.1, -0.05) is 0 Å². The quantitative estimate of drug-likeness (QED) is 0.659. The Kier molecular flexibility index (Phi) is 9.98. The van der Waals surface area contributed by atoms with E-state index >= 15 is 0 Å². The van der Waals surface area contributed by atoms with Crippen LogP contribution in [0, 0.1) is 0 Å². The summed E-state index contributed by atoms with van der Waals surface area (Å²) in [5.41, 5.74) is 0.447. The average molecular weight is 468 g/mol. The van der Waals surface area contributed by atoms with E-state index in [0.717, 1.165) is 6.26 Å². The van der Waals surface area contributed by atoms with E-state index in [2.05, 4.69) is 20.4 Å². The number of carbonyl (C=O) groups is 1. The van der Waals surface area contributed by atoms with Crippen LogP contribution in [0.4, 0.5) is 13.2 Å². The molecule has 1 aromatic heterocycles. The summed E-state index contributed by atoms with van der Waals surface area (Å²) in [4.78, 5) is 16.2. The second-order valence-electron chi connectivity index (χ2n) is 6.11. The molecular formula is C15H22Cl2F3N3O4S. The van der Waals surface area contributed by atoms with E-state index in [4.69, 9.17) is 0 Å². The summed E-state index contributed by atoms with van der Waals surface area (Å²) in [6.07, 6.45) is -1.87. The van der Waals surface area contributed by atoms with Crippen LogP contribution in [0.2, 0.25) is 0 Å². The molecule has 2 N–H and O–H groups in total. The number of nitrogens with zero attached hydrogens (tertiary/aromatic N) is 1. The van der Waals surface area contributed by atoms with Gasteiger partial charge in [-0.25, -0.2) is 13.4 Å². The molecular weight excluding hydrogens is 446 g/mol. The van der Waals surface area contributed by atoms with E-state index in [1.54, 1.807) is 0 Å². The predicted molar refractivity (Wildman–Crippen MR) is 102 cm³/mol. The summed E-state index contributed by atoms with van der Waals surface area (Å²) in [5, 5.41) is 5.58. The number of sulfone groups is 1. The van der Waals surface area contributed by atoms with E-state index in [-0.39, 0.29) is 50.1 Å². The number of hydrogen-bond donors (Lipinski definition) is 2. The molecule has 2 rings (SSSR count). The summed E-state index contributed by atoms with van der Waals surface area (Å²) in [6, 6.07) is 2.76. The molecule has 0 aliphatic carbocycles. The van der Waals surface area contributed by atoms with Crippen LogP contribution >= 0.6 is 24.8 Å². The van der Waals surface area contributed by atoms with Crippen molar-refractivity contribution in [2.75, 3.05) is 26.0 Å². The Morgan fingerprint density at radius 2 is 1.93 bits per heavy atom. The number of rotatable bonds is 6. The smallest absolute Gasteiger partial charge is 0.422 e. The number of pyridine rings is 1. The summed E-state index contributed by atoms with van der Waals surface area (Å²) in [5.74, 6) is -0.843. The number of amides is 1. The van der Waals surface area contributed by atoms with E-state index < -0.39 is 33.3 Å². The van der Waals surface area contributed by atoms with Crippen molar-refractivity contribution in [1.82, 2.24) is 15.6 Å². The Hall–Kier alpha value is -1.30. The molecule has 0 aromatic carbocycles. The van der Waals surface area contributed by atoms with Crippen LogP contribution in [0.15, 0.2) is 18.3 Å². The second-order valence-corrected chi connectivity index (χ2v) is 8.43. The number of nitrogens with one attached hydrogen (secondary N) is 2. The van der Waals surface area contributed by atoms with Crippen LogP contribution in [0.5, 0.6) is 5.88 Å². The van der Waals surface area contributed by atoms with Gasteiger partial charge in [0.1, 0.15) is 0 Å². The van der Waals surface area contributed by atoms with Crippen molar-refractivity contribution in [2.45, 2.75) is 30.3 Å². The van der Waals surface area contributed by atoms with Crippen molar-refractivity contribution in [1.29, 1.82) is 0 Å². The van der Waals surface area contributed by atoms with Gasteiger partial charge in [-0.15, -0.1) is 24.8 Å². The van der Waals surface area contributed by atoms with Gasteiger partial charge in [0.25, 0.3) is 0 Å². The highest BCUT2D eigenvalue weighted by atomic mass is 35.5. The normalized spacial score (nSPS) is 16.3. The average Bonchev–Trinajstić information content (AvgIpc) is 2.57. The molecule has 0 unspecified atom stereocenters. The fourth-order valence-corrected chi connectivity index (χ4v) is 4.09. The molecule has 0 bridgehead atoms. The van der Waals surface area contributed by atoms with Gasteiger partial charge in [0.2, 0.25) is 11.8 Å². The Labute approximate surface area is 173 Å². The lowest BCUT2D eigenvalue weighted by molar-refractivity contribution is -0.154. The van der Waals surface area contributed by atoms with Gasteiger partial charge < -0.3 is 15.4 Å². The molecule has 13 heteroatoms. The molecule has 0 radical (unpaired) electrons. The molecule has 1 amide bonds. The van der Waals surface area contributed by atoms with Crippen LogP contribution < -0.4 is 15.4 Å². The lowest BCUT2D eigenvalue weighted by Crippen LogP contribution is -2.57. The fraction of sp³-hybridized carbons (Fsp3) is 0.600. The first-order valence-electron chi connectivity index (χ1n) is 7.87. The number of hydrogen-bond acceptors (Lipinski definition) is 6. The van der Waals surface area contributed by atoms with Gasteiger partial charge in [0.05, 0.1) is 0 Å². The number of carbonyl (C=O) groups excluding carboxylic acids is 1. The Balaban J connectivity index is 0.00000364. The molecule has 1 fully saturated rings. The summed E-state index contributed by atoms with van der Waals surface area (Å²) in [7, 11) is -3.64. The maximum absolute atomic E-state index is 12.6. The number of ether oxygens (including phenoxy) is 1. The first-order chi connectivity index (χ1) is 12.0. The third-order valence-corrected chi connectivity index (χ3v) is 6.18. The maximum atomic E-state index is 12.6. The van der Waals surface area contributed by atoms with Crippen molar-refractivity contribution in [3.8, 4) is 5.88 Å². The van der Waals surface area contributed by atoms with Crippen molar-refractivity contribution in [3.05, 3.63) is 23.9 Å². The lowest BCUT2D eigenvalue weighted by Gasteiger charge is -2.34. The topological polar surface area (TPSA) is 97.4 Å². The summed E-state index contributed by atoms with van der Waals surface area (Å²) in [6.45, 7) is -0.704. The van der Waals surface area contributed by atoms with Gasteiger partial charge in [-0.3, -0.25) is 4.79 Å². The van der Waals surface area contributed by atoms with Gasteiger partial charge in [0, 0.05) is 25.1 Å². The van der Waals surface area contributed by atoms with Gasteiger partial charge in [-0.05, 0) is 37.6 Å². The molecule has 7 nitrogen and oxygen atoms in total. The minimum Gasteiger partial charge on any atom is -0.468 e. The molecule has 0 atom stereocenters. The molecule has 1 saturated heterocycles. The zero-order chi connectivity index (χ0) is 19.4. The molecule has 1 aromatic rings. The Bertz CT molecular complexity index is 757. The highest BCUT2D eigenvalue weighted by Crippen LogP contribution is 2.28. The first kappa shape index (κ1) is 26.7. The number of halogens is 5. The van der Waals surface area contributed by atoms with Crippen molar-refractivity contribution < 1.29 is 31.1 Å². The van der Waals surface area contributed by atoms with Gasteiger partial charge in [-0.2, -0.15) is 13.2 Å². The largest absolute Gasteiger partial charge is 0.468 e. The van der Waals surface area contributed by atoms with Crippen molar-refractivity contribution >= 4 is 40.6 Å². The third-order valence-electron chi connectivity index (χ3n) is 4.17. The third kappa shape index (κ3) is 6.94. The highest BCUT2D eigenvalue weighted by molar-refractivity contribution is 7.92. The van der Waals surface area contributed by atoms with E-state index in [1.807, 2.05) is 0 Å². The van der Waals surface area contributed by atoms with Gasteiger partial charge in [0.15, 0.2) is 21.2 Å². The molecule has 162 valence electrons. The van der Waals surface area contributed by atoms with Crippen LogP contribution in [0.25, 0.3) is 0 Å². The van der Waals surface area contributed by atoms with E-state index in [1.165, 1.54) is 18.3 Å². The molecule has 2 heterocycles. The highest BCUT2D eigenvalue weighted by Gasteiger charge is 2.48. The molecule has 28 heavy (non-hydrogen) atoms. The first-order valence-corrected chi connectivity index (χ1v) is 9.76. The van der Waals surface area contributed by atoms with Crippen molar-refractivity contribution in [2.24, 2.45) is 0 Å². The van der Waals surface area contributed by atoms with E-state index in [0.29, 0.717) is 18.7 Å². The molecule has 1 aliphatic heterocycles.